The second kappa shape index (κ2) is 4.26. The summed E-state index contributed by atoms with van der Waals surface area (Å²) in [6, 6.07) is 5.97. The van der Waals surface area contributed by atoms with Crippen LogP contribution in [-0.2, 0) is 0 Å². The van der Waals surface area contributed by atoms with Crippen molar-refractivity contribution in [3.05, 3.63) is 28.2 Å². The summed E-state index contributed by atoms with van der Waals surface area (Å²) in [7, 11) is 0. The minimum Gasteiger partial charge on any atom is -0.384 e. The molecule has 1 saturated heterocycles. The van der Waals surface area contributed by atoms with Crippen LogP contribution >= 0.6 is 15.9 Å². The molecule has 0 bridgehead atoms. The number of nitrogens with zero attached hydrogens (tertiary/aromatic N) is 1. The predicted octanol–water partition coefficient (Wildman–Crippen LogP) is 3.11. The van der Waals surface area contributed by atoms with Crippen LogP contribution in [0.4, 0.5) is 5.69 Å². The Hall–Kier alpha value is -1.03. The van der Waals surface area contributed by atoms with Crippen molar-refractivity contribution in [1.82, 2.24) is 0 Å². The molecular weight excluding hydrogens is 290 g/mol. The number of halogens is 1. The first-order valence-corrected chi connectivity index (χ1v) is 7.28. The lowest BCUT2D eigenvalue weighted by Gasteiger charge is -2.35. The van der Waals surface area contributed by atoms with Gasteiger partial charge in [0.15, 0.2) is 0 Å². The summed E-state index contributed by atoms with van der Waals surface area (Å²) < 4.78 is 1.05. The van der Waals surface area contributed by atoms with Gasteiger partial charge in [-0.2, -0.15) is 0 Å². The third-order valence-corrected chi connectivity index (χ3v) is 4.87. The number of rotatable bonds is 2. The molecule has 0 aromatic heterocycles. The maximum Gasteiger partial charge on any atom is 0.124 e. The molecule has 3 rings (SSSR count). The van der Waals surface area contributed by atoms with Gasteiger partial charge >= 0.3 is 0 Å². The largest absolute Gasteiger partial charge is 0.384 e. The van der Waals surface area contributed by atoms with Crippen molar-refractivity contribution < 1.29 is 0 Å². The van der Waals surface area contributed by atoms with E-state index >= 15 is 0 Å². The zero-order valence-corrected chi connectivity index (χ0v) is 12.0. The molecule has 3 nitrogen and oxygen atoms in total. The van der Waals surface area contributed by atoms with Gasteiger partial charge in [-0.15, -0.1) is 0 Å². The van der Waals surface area contributed by atoms with Gasteiger partial charge in [-0.25, -0.2) is 0 Å². The molecule has 1 aromatic rings. The number of hydrogen-bond donors (Lipinski definition) is 2. The highest BCUT2D eigenvalue weighted by molar-refractivity contribution is 9.10. The van der Waals surface area contributed by atoms with Crippen LogP contribution < -0.4 is 10.6 Å². The SMILES string of the molecule is N=C(N)c1ccc(Br)cc1N1CCC2(CC1)CC2. The van der Waals surface area contributed by atoms with E-state index in [-0.39, 0.29) is 5.84 Å². The van der Waals surface area contributed by atoms with Gasteiger partial charge < -0.3 is 10.6 Å². The van der Waals surface area contributed by atoms with Crippen LogP contribution in [0.3, 0.4) is 0 Å². The fraction of sp³-hybridized carbons (Fsp3) is 0.500. The van der Waals surface area contributed by atoms with E-state index in [1.807, 2.05) is 12.1 Å². The average molecular weight is 308 g/mol. The number of benzene rings is 1. The summed E-state index contributed by atoms with van der Waals surface area (Å²) in [5, 5.41) is 7.69. The molecule has 1 heterocycles. The van der Waals surface area contributed by atoms with E-state index in [0.29, 0.717) is 5.41 Å². The number of piperidine rings is 1. The van der Waals surface area contributed by atoms with Crippen molar-refractivity contribution in [3.63, 3.8) is 0 Å². The molecule has 2 aliphatic rings. The molecular formula is C14H18BrN3. The Bertz CT molecular complexity index is 484. The lowest BCUT2D eigenvalue weighted by Crippen LogP contribution is -2.35. The Labute approximate surface area is 116 Å². The summed E-state index contributed by atoms with van der Waals surface area (Å²) >= 11 is 3.51. The molecule has 1 aliphatic heterocycles. The first kappa shape index (κ1) is 12.0. The molecule has 2 fully saturated rings. The van der Waals surface area contributed by atoms with Crippen LogP contribution in [-0.4, -0.2) is 18.9 Å². The van der Waals surface area contributed by atoms with E-state index in [9.17, 15) is 0 Å². The molecule has 1 saturated carbocycles. The van der Waals surface area contributed by atoms with Gasteiger partial charge in [-0.3, -0.25) is 5.41 Å². The van der Waals surface area contributed by atoms with Gasteiger partial charge in [0, 0.05) is 28.8 Å². The van der Waals surface area contributed by atoms with Gasteiger partial charge in [0.1, 0.15) is 5.84 Å². The second-order valence-corrected chi connectivity index (χ2v) is 6.48. The topological polar surface area (TPSA) is 53.1 Å². The van der Waals surface area contributed by atoms with Crippen LogP contribution in [0.15, 0.2) is 22.7 Å². The van der Waals surface area contributed by atoms with Crippen LogP contribution in [0, 0.1) is 10.8 Å². The Kier molecular flexibility index (Phi) is 2.85. The molecule has 1 spiro atoms. The first-order valence-electron chi connectivity index (χ1n) is 6.49. The third-order valence-electron chi connectivity index (χ3n) is 4.37. The van der Waals surface area contributed by atoms with Crippen molar-refractivity contribution in [1.29, 1.82) is 5.41 Å². The molecule has 0 radical (unpaired) electrons. The van der Waals surface area contributed by atoms with Crippen LogP contribution in [0.2, 0.25) is 0 Å². The zero-order valence-electron chi connectivity index (χ0n) is 10.4. The summed E-state index contributed by atoms with van der Waals surface area (Å²) in [4.78, 5) is 2.38. The standard InChI is InChI=1S/C14H18BrN3/c15-10-1-2-11(13(16)17)12(9-10)18-7-5-14(3-4-14)6-8-18/h1-2,9H,3-8H2,(H3,16,17). The molecule has 0 atom stereocenters. The maximum atomic E-state index is 7.69. The predicted molar refractivity (Wildman–Crippen MR) is 78.3 cm³/mol. The Morgan fingerprint density at radius 1 is 1.22 bits per heavy atom. The Morgan fingerprint density at radius 2 is 1.89 bits per heavy atom. The number of anilines is 1. The second-order valence-electron chi connectivity index (χ2n) is 5.56. The van der Waals surface area contributed by atoms with Crippen molar-refractivity contribution in [2.45, 2.75) is 25.7 Å². The molecule has 4 heteroatoms. The molecule has 3 N–H and O–H groups in total. The lowest BCUT2D eigenvalue weighted by atomic mass is 9.93. The van der Waals surface area contributed by atoms with E-state index in [0.717, 1.165) is 28.8 Å². The molecule has 18 heavy (non-hydrogen) atoms. The highest BCUT2D eigenvalue weighted by Crippen LogP contribution is 2.54. The Balaban J connectivity index is 1.86. The van der Waals surface area contributed by atoms with E-state index in [1.165, 1.54) is 25.7 Å². The van der Waals surface area contributed by atoms with Crippen molar-refractivity contribution in [2.24, 2.45) is 11.1 Å². The Morgan fingerprint density at radius 3 is 2.44 bits per heavy atom. The minimum absolute atomic E-state index is 0.157. The minimum atomic E-state index is 0.157. The number of hydrogen-bond acceptors (Lipinski definition) is 2. The van der Waals surface area contributed by atoms with E-state index in [2.05, 4.69) is 26.9 Å². The molecule has 0 unspecified atom stereocenters. The summed E-state index contributed by atoms with van der Waals surface area (Å²) in [6.07, 6.45) is 5.41. The molecule has 1 aromatic carbocycles. The van der Waals surface area contributed by atoms with Crippen LogP contribution in [0.5, 0.6) is 0 Å². The van der Waals surface area contributed by atoms with E-state index in [1.54, 1.807) is 0 Å². The van der Waals surface area contributed by atoms with Crippen molar-refractivity contribution >= 4 is 27.5 Å². The number of nitrogen functional groups attached to an aromatic ring is 1. The smallest absolute Gasteiger partial charge is 0.124 e. The van der Waals surface area contributed by atoms with Crippen LogP contribution in [0.1, 0.15) is 31.2 Å². The van der Waals surface area contributed by atoms with Gasteiger partial charge in [0.25, 0.3) is 0 Å². The summed E-state index contributed by atoms with van der Waals surface area (Å²) in [6.45, 7) is 2.19. The lowest BCUT2D eigenvalue weighted by molar-refractivity contribution is 0.384. The molecule has 1 aliphatic carbocycles. The molecule has 0 amide bonds. The van der Waals surface area contributed by atoms with Gasteiger partial charge in [-0.05, 0) is 49.3 Å². The summed E-state index contributed by atoms with van der Waals surface area (Å²) in [5.74, 6) is 0.157. The monoisotopic (exact) mass is 307 g/mol. The average Bonchev–Trinajstić information content (AvgIpc) is 3.09. The van der Waals surface area contributed by atoms with Crippen molar-refractivity contribution in [2.75, 3.05) is 18.0 Å². The third kappa shape index (κ3) is 2.14. The fourth-order valence-electron chi connectivity index (χ4n) is 2.89. The highest BCUT2D eigenvalue weighted by atomic mass is 79.9. The van der Waals surface area contributed by atoms with E-state index < -0.39 is 0 Å². The van der Waals surface area contributed by atoms with Gasteiger partial charge in [-0.1, -0.05) is 15.9 Å². The number of amidine groups is 1. The highest BCUT2D eigenvalue weighted by Gasteiger charge is 2.44. The first-order chi connectivity index (χ1) is 8.60. The zero-order chi connectivity index (χ0) is 12.8. The normalized spacial score (nSPS) is 21.1. The van der Waals surface area contributed by atoms with Gasteiger partial charge in [0.05, 0.1) is 0 Å². The van der Waals surface area contributed by atoms with Crippen molar-refractivity contribution in [3.8, 4) is 0 Å². The summed E-state index contributed by atoms with van der Waals surface area (Å²) in [5.41, 5.74) is 8.31. The number of nitrogens with two attached hydrogens (primary N) is 1. The van der Waals surface area contributed by atoms with E-state index in [4.69, 9.17) is 11.1 Å². The van der Waals surface area contributed by atoms with Gasteiger partial charge in [0.2, 0.25) is 0 Å². The van der Waals surface area contributed by atoms with Crippen LogP contribution in [0.25, 0.3) is 0 Å². The quantitative estimate of drug-likeness (QED) is 0.651. The molecule has 96 valence electrons. The number of nitrogens with one attached hydrogen (secondary N) is 1. The fourth-order valence-corrected chi connectivity index (χ4v) is 3.24. The maximum absolute atomic E-state index is 7.69.